The smallest absolute Gasteiger partial charge is 0.286 e. The van der Waals surface area contributed by atoms with Crippen molar-refractivity contribution in [3.8, 4) is 0 Å². The van der Waals surface area contributed by atoms with E-state index in [-0.39, 0.29) is 0 Å². The van der Waals surface area contributed by atoms with E-state index in [0.717, 1.165) is 16.8 Å². The molecule has 0 aliphatic carbocycles. The van der Waals surface area contributed by atoms with Crippen LogP contribution in [0.4, 0.5) is 5.95 Å². The number of aromatic nitrogens is 2. The second-order valence-corrected chi connectivity index (χ2v) is 4.44. The van der Waals surface area contributed by atoms with Gasteiger partial charge >= 0.3 is 0 Å². The summed E-state index contributed by atoms with van der Waals surface area (Å²) in [6.45, 7) is 0. The van der Waals surface area contributed by atoms with Crippen LogP contribution in [0.15, 0.2) is 76.7 Å². The Hall–Kier alpha value is -2.95. The number of hydrogen-bond donors (Lipinski definition) is 0. The molecule has 3 rings (SSSR count). The second kappa shape index (κ2) is 6.00. The van der Waals surface area contributed by atoms with Crippen molar-refractivity contribution < 1.29 is 4.52 Å². The van der Waals surface area contributed by atoms with Gasteiger partial charge in [-0.3, -0.25) is 0 Å². The molecule has 0 amide bonds. The molecule has 0 saturated carbocycles. The van der Waals surface area contributed by atoms with Gasteiger partial charge in [0.15, 0.2) is 0 Å². The van der Waals surface area contributed by atoms with Crippen molar-refractivity contribution in [3.05, 3.63) is 78.2 Å². The summed E-state index contributed by atoms with van der Waals surface area (Å²) >= 11 is 0. The summed E-state index contributed by atoms with van der Waals surface area (Å²) in [5.74, 6) is 0.416. The number of hydrazone groups is 1. The predicted molar refractivity (Wildman–Crippen MR) is 81.2 cm³/mol. The first-order valence-electron chi connectivity index (χ1n) is 6.54. The lowest BCUT2D eigenvalue weighted by atomic mass is 10.0. The zero-order chi connectivity index (χ0) is 14.5. The summed E-state index contributed by atoms with van der Waals surface area (Å²) in [6.07, 6.45) is 1.28. The molecular weight excluding hydrogens is 264 g/mol. The van der Waals surface area contributed by atoms with Crippen LogP contribution in [0.3, 0.4) is 0 Å². The van der Waals surface area contributed by atoms with Gasteiger partial charge in [-0.2, -0.15) is 10.1 Å². The summed E-state index contributed by atoms with van der Waals surface area (Å²) in [7, 11) is 1.79. The fourth-order valence-electron chi connectivity index (χ4n) is 1.98. The van der Waals surface area contributed by atoms with Gasteiger partial charge < -0.3 is 4.52 Å². The van der Waals surface area contributed by atoms with E-state index in [2.05, 4.69) is 15.2 Å². The lowest BCUT2D eigenvalue weighted by Gasteiger charge is -2.12. The molecule has 0 bridgehead atoms. The standard InChI is InChI=1S/C16H14N4O/c1-20(16-17-12-21-19-16)18-15(13-8-4-2-5-9-13)14-10-6-3-7-11-14/h2-12H,1H3. The first-order valence-corrected chi connectivity index (χ1v) is 6.54. The van der Waals surface area contributed by atoms with Gasteiger partial charge in [0.05, 0.1) is 5.71 Å². The predicted octanol–water partition coefficient (Wildman–Crippen LogP) is 2.96. The normalized spacial score (nSPS) is 10.1. The van der Waals surface area contributed by atoms with Crippen LogP contribution >= 0.6 is 0 Å². The summed E-state index contributed by atoms with van der Waals surface area (Å²) in [6, 6.07) is 20.0. The maximum absolute atomic E-state index is 4.76. The van der Waals surface area contributed by atoms with Crippen LogP contribution in [0.1, 0.15) is 11.1 Å². The second-order valence-electron chi connectivity index (χ2n) is 4.44. The molecule has 0 N–H and O–H groups in total. The van der Waals surface area contributed by atoms with E-state index >= 15 is 0 Å². The van der Waals surface area contributed by atoms with Crippen LogP contribution in [-0.4, -0.2) is 22.9 Å². The molecule has 0 spiro atoms. The molecule has 104 valence electrons. The summed E-state index contributed by atoms with van der Waals surface area (Å²) in [5.41, 5.74) is 2.90. The number of hydrogen-bond acceptors (Lipinski definition) is 5. The van der Waals surface area contributed by atoms with Gasteiger partial charge in [-0.25, -0.2) is 5.01 Å². The zero-order valence-corrected chi connectivity index (χ0v) is 11.5. The van der Waals surface area contributed by atoms with Crippen LogP contribution in [0, 0.1) is 0 Å². The Morgan fingerprint density at radius 2 is 1.52 bits per heavy atom. The van der Waals surface area contributed by atoms with Crippen molar-refractivity contribution >= 4 is 11.7 Å². The SMILES string of the molecule is CN(N=C(c1ccccc1)c1ccccc1)c1ncon1. The zero-order valence-electron chi connectivity index (χ0n) is 11.5. The van der Waals surface area contributed by atoms with E-state index in [4.69, 9.17) is 4.52 Å². The molecule has 1 aromatic heterocycles. The van der Waals surface area contributed by atoms with E-state index in [1.807, 2.05) is 60.7 Å². The van der Waals surface area contributed by atoms with Crippen molar-refractivity contribution in [1.82, 2.24) is 10.1 Å². The molecule has 0 radical (unpaired) electrons. The molecule has 0 atom stereocenters. The van der Waals surface area contributed by atoms with Gasteiger partial charge in [0.2, 0.25) is 6.39 Å². The van der Waals surface area contributed by atoms with Crippen LogP contribution in [0.2, 0.25) is 0 Å². The van der Waals surface area contributed by atoms with Gasteiger partial charge in [-0.15, -0.1) is 0 Å². The molecule has 2 aromatic carbocycles. The average Bonchev–Trinajstić information content (AvgIpc) is 3.09. The Morgan fingerprint density at radius 3 is 2.00 bits per heavy atom. The summed E-state index contributed by atoms with van der Waals surface area (Å²) < 4.78 is 4.76. The van der Waals surface area contributed by atoms with Gasteiger partial charge in [-0.1, -0.05) is 60.7 Å². The summed E-state index contributed by atoms with van der Waals surface area (Å²) in [5, 5.41) is 10.0. The quantitative estimate of drug-likeness (QED) is 0.544. The van der Waals surface area contributed by atoms with Gasteiger partial charge in [0.25, 0.3) is 5.95 Å². The van der Waals surface area contributed by atoms with Crippen LogP contribution in [-0.2, 0) is 0 Å². The Morgan fingerprint density at radius 1 is 0.952 bits per heavy atom. The van der Waals surface area contributed by atoms with E-state index < -0.39 is 0 Å². The molecule has 5 nitrogen and oxygen atoms in total. The number of anilines is 1. The van der Waals surface area contributed by atoms with E-state index in [9.17, 15) is 0 Å². The minimum atomic E-state index is 0.416. The molecule has 0 unspecified atom stereocenters. The lowest BCUT2D eigenvalue weighted by Crippen LogP contribution is -2.16. The lowest BCUT2D eigenvalue weighted by molar-refractivity contribution is 0.417. The molecule has 0 saturated heterocycles. The van der Waals surface area contributed by atoms with E-state index in [1.165, 1.54) is 6.39 Å². The number of nitrogens with zero attached hydrogens (tertiary/aromatic N) is 4. The van der Waals surface area contributed by atoms with E-state index in [1.54, 1.807) is 12.1 Å². The molecule has 0 fully saturated rings. The van der Waals surface area contributed by atoms with Crippen molar-refractivity contribution in [1.29, 1.82) is 0 Å². The maximum Gasteiger partial charge on any atom is 0.286 e. The molecule has 1 heterocycles. The topological polar surface area (TPSA) is 54.5 Å². The minimum absolute atomic E-state index is 0.416. The fraction of sp³-hybridized carbons (Fsp3) is 0.0625. The molecule has 5 heteroatoms. The third-order valence-electron chi connectivity index (χ3n) is 2.98. The third-order valence-corrected chi connectivity index (χ3v) is 2.98. The minimum Gasteiger partial charge on any atom is -0.341 e. The van der Waals surface area contributed by atoms with Crippen molar-refractivity contribution in [2.24, 2.45) is 5.10 Å². The van der Waals surface area contributed by atoms with Crippen molar-refractivity contribution in [3.63, 3.8) is 0 Å². The van der Waals surface area contributed by atoms with Gasteiger partial charge in [-0.05, 0) is 5.16 Å². The van der Waals surface area contributed by atoms with Crippen LogP contribution < -0.4 is 5.01 Å². The molecular formula is C16H14N4O. The van der Waals surface area contributed by atoms with Crippen LogP contribution in [0.25, 0.3) is 0 Å². The molecule has 21 heavy (non-hydrogen) atoms. The highest BCUT2D eigenvalue weighted by Gasteiger charge is 2.10. The third kappa shape index (κ3) is 2.97. The molecule has 0 aliphatic rings. The monoisotopic (exact) mass is 278 g/mol. The highest BCUT2D eigenvalue weighted by atomic mass is 16.5. The first kappa shape index (κ1) is 13.1. The van der Waals surface area contributed by atoms with Gasteiger partial charge in [0.1, 0.15) is 0 Å². The highest BCUT2D eigenvalue weighted by molar-refractivity contribution is 6.13. The van der Waals surface area contributed by atoms with E-state index in [0.29, 0.717) is 5.95 Å². The highest BCUT2D eigenvalue weighted by Crippen LogP contribution is 2.13. The Kier molecular flexibility index (Phi) is 3.73. The van der Waals surface area contributed by atoms with Crippen LogP contribution in [0.5, 0.6) is 0 Å². The Bertz CT molecular complexity index is 667. The molecule has 0 aliphatic heterocycles. The number of rotatable bonds is 4. The Labute approximate surface area is 122 Å². The fourth-order valence-corrected chi connectivity index (χ4v) is 1.98. The average molecular weight is 278 g/mol. The maximum atomic E-state index is 4.76. The van der Waals surface area contributed by atoms with Crippen molar-refractivity contribution in [2.45, 2.75) is 0 Å². The Balaban J connectivity index is 2.05. The van der Waals surface area contributed by atoms with Gasteiger partial charge in [0, 0.05) is 18.2 Å². The number of benzene rings is 2. The largest absolute Gasteiger partial charge is 0.341 e. The first-order chi connectivity index (χ1) is 10.3. The van der Waals surface area contributed by atoms with Crippen molar-refractivity contribution in [2.75, 3.05) is 12.1 Å². The summed E-state index contributed by atoms with van der Waals surface area (Å²) in [4.78, 5) is 4.00. The molecule has 3 aromatic rings.